The Bertz CT molecular complexity index is 536. The number of rotatable bonds is 2. The number of oxazole rings is 1. The Labute approximate surface area is 93.9 Å². The summed E-state index contributed by atoms with van der Waals surface area (Å²) in [5, 5.41) is 8.79. The van der Waals surface area contributed by atoms with Gasteiger partial charge >= 0.3 is 6.18 Å². The standard InChI is InChI=1S/C10H9F3N2O2/c11-10(12,13)5-1-2-8-7(3-5)15-9(17-8)6(14)4-16/h1-3,6,16H,4,14H2. The SMILES string of the molecule is NC(CO)c1nc2cc(C(F)(F)F)ccc2o1. The maximum atomic E-state index is 12.4. The first kappa shape index (κ1) is 11.9. The molecular formula is C10H9F3N2O2. The fraction of sp³-hybridized carbons (Fsp3) is 0.300. The summed E-state index contributed by atoms with van der Waals surface area (Å²) < 4.78 is 42.4. The number of nitrogens with two attached hydrogens (primary N) is 1. The van der Waals surface area contributed by atoms with Gasteiger partial charge in [0.15, 0.2) is 5.58 Å². The van der Waals surface area contributed by atoms with Crippen molar-refractivity contribution in [1.82, 2.24) is 4.98 Å². The van der Waals surface area contributed by atoms with Crippen molar-refractivity contribution in [2.75, 3.05) is 6.61 Å². The zero-order valence-electron chi connectivity index (χ0n) is 8.53. The van der Waals surface area contributed by atoms with Gasteiger partial charge in [-0.05, 0) is 18.2 Å². The smallest absolute Gasteiger partial charge is 0.416 e. The van der Waals surface area contributed by atoms with Crippen molar-refractivity contribution in [3.8, 4) is 0 Å². The van der Waals surface area contributed by atoms with Crippen LogP contribution in [0.1, 0.15) is 17.5 Å². The van der Waals surface area contributed by atoms with Gasteiger partial charge < -0.3 is 15.3 Å². The van der Waals surface area contributed by atoms with Crippen molar-refractivity contribution >= 4 is 11.1 Å². The van der Waals surface area contributed by atoms with Gasteiger partial charge in [0.2, 0.25) is 5.89 Å². The Morgan fingerprint density at radius 2 is 2.12 bits per heavy atom. The highest BCUT2D eigenvalue weighted by atomic mass is 19.4. The molecule has 1 unspecified atom stereocenters. The third kappa shape index (κ3) is 2.25. The molecule has 0 saturated carbocycles. The molecule has 0 radical (unpaired) electrons. The molecule has 0 bridgehead atoms. The number of hydrogen-bond acceptors (Lipinski definition) is 4. The maximum Gasteiger partial charge on any atom is 0.416 e. The molecule has 0 fully saturated rings. The molecule has 1 heterocycles. The average Bonchev–Trinajstić information content (AvgIpc) is 2.69. The fourth-order valence-corrected chi connectivity index (χ4v) is 1.36. The van der Waals surface area contributed by atoms with E-state index in [2.05, 4.69) is 4.98 Å². The predicted octanol–water partition coefficient (Wildman–Crippen LogP) is 1.84. The first-order valence-corrected chi connectivity index (χ1v) is 4.76. The summed E-state index contributed by atoms with van der Waals surface area (Å²) in [6, 6.07) is 2.13. The number of benzene rings is 1. The van der Waals surface area contributed by atoms with Crippen LogP contribution in [0.4, 0.5) is 13.2 Å². The van der Waals surface area contributed by atoms with Crippen molar-refractivity contribution < 1.29 is 22.7 Å². The molecule has 7 heteroatoms. The van der Waals surface area contributed by atoms with Gasteiger partial charge in [-0.25, -0.2) is 4.98 Å². The summed E-state index contributed by atoms with van der Waals surface area (Å²) in [5.74, 6) is 0.0156. The third-order valence-corrected chi connectivity index (χ3v) is 2.25. The lowest BCUT2D eigenvalue weighted by molar-refractivity contribution is -0.137. The molecule has 1 aromatic heterocycles. The molecule has 3 N–H and O–H groups in total. The lowest BCUT2D eigenvalue weighted by atomic mass is 10.2. The van der Waals surface area contributed by atoms with E-state index >= 15 is 0 Å². The van der Waals surface area contributed by atoms with Gasteiger partial charge in [0.25, 0.3) is 0 Å². The maximum absolute atomic E-state index is 12.4. The highest BCUT2D eigenvalue weighted by Gasteiger charge is 2.31. The van der Waals surface area contributed by atoms with Crippen molar-refractivity contribution in [2.24, 2.45) is 5.73 Å². The Hall–Kier alpha value is -1.60. The molecule has 2 rings (SSSR count). The molecule has 0 saturated heterocycles. The number of aliphatic hydroxyl groups is 1. The van der Waals surface area contributed by atoms with Crippen LogP contribution in [0.25, 0.3) is 11.1 Å². The second kappa shape index (κ2) is 4.01. The molecule has 1 aromatic carbocycles. The van der Waals surface area contributed by atoms with Crippen LogP contribution in [0.15, 0.2) is 22.6 Å². The van der Waals surface area contributed by atoms with Crippen LogP contribution < -0.4 is 5.73 Å². The Balaban J connectivity index is 2.48. The summed E-state index contributed by atoms with van der Waals surface area (Å²) in [7, 11) is 0. The number of hydrogen-bond donors (Lipinski definition) is 2. The van der Waals surface area contributed by atoms with Crippen LogP contribution in [0.5, 0.6) is 0 Å². The summed E-state index contributed by atoms with van der Waals surface area (Å²) in [6.07, 6.45) is -4.42. The number of aliphatic hydroxyl groups excluding tert-OH is 1. The summed E-state index contributed by atoms with van der Waals surface area (Å²) >= 11 is 0. The van der Waals surface area contributed by atoms with Gasteiger partial charge in [0.1, 0.15) is 11.6 Å². The lowest BCUT2D eigenvalue weighted by Crippen LogP contribution is -2.14. The van der Waals surface area contributed by atoms with Gasteiger partial charge in [-0.15, -0.1) is 0 Å². The summed E-state index contributed by atoms with van der Waals surface area (Å²) in [4.78, 5) is 3.81. The van der Waals surface area contributed by atoms with E-state index in [4.69, 9.17) is 15.3 Å². The van der Waals surface area contributed by atoms with E-state index in [1.165, 1.54) is 6.07 Å². The van der Waals surface area contributed by atoms with Crippen LogP contribution in [-0.2, 0) is 6.18 Å². The third-order valence-electron chi connectivity index (χ3n) is 2.25. The van der Waals surface area contributed by atoms with Crippen LogP contribution in [0.2, 0.25) is 0 Å². The van der Waals surface area contributed by atoms with E-state index < -0.39 is 17.8 Å². The summed E-state index contributed by atoms with van der Waals surface area (Å²) in [6.45, 7) is -0.390. The minimum absolute atomic E-state index is 0.0156. The van der Waals surface area contributed by atoms with Gasteiger partial charge in [0, 0.05) is 0 Å². The molecular weight excluding hydrogens is 237 g/mol. The van der Waals surface area contributed by atoms with Gasteiger partial charge in [-0.3, -0.25) is 0 Å². The van der Waals surface area contributed by atoms with E-state index in [1.54, 1.807) is 0 Å². The minimum atomic E-state index is -4.42. The molecule has 17 heavy (non-hydrogen) atoms. The number of aromatic nitrogens is 1. The Morgan fingerprint density at radius 1 is 1.41 bits per heavy atom. The Kier molecular flexibility index (Phi) is 2.80. The van der Waals surface area contributed by atoms with Crippen molar-refractivity contribution in [3.63, 3.8) is 0 Å². The highest BCUT2D eigenvalue weighted by molar-refractivity contribution is 5.73. The van der Waals surface area contributed by atoms with E-state index in [0.717, 1.165) is 12.1 Å². The van der Waals surface area contributed by atoms with E-state index in [-0.39, 0.29) is 23.6 Å². The number of nitrogens with zero attached hydrogens (tertiary/aromatic N) is 1. The molecule has 4 nitrogen and oxygen atoms in total. The molecule has 0 amide bonds. The fourth-order valence-electron chi connectivity index (χ4n) is 1.36. The molecule has 2 aromatic rings. The van der Waals surface area contributed by atoms with E-state index in [0.29, 0.717) is 0 Å². The number of fused-ring (bicyclic) bond motifs is 1. The zero-order valence-corrected chi connectivity index (χ0v) is 8.53. The molecule has 0 spiro atoms. The first-order chi connectivity index (χ1) is 7.91. The lowest BCUT2D eigenvalue weighted by Gasteiger charge is -2.04. The number of halogens is 3. The molecule has 0 aliphatic carbocycles. The topological polar surface area (TPSA) is 72.3 Å². The molecule has 92 valence electrons. The largest absolute Gasteiger partial charge is 0.439 e. The summed E-state index contributed by atoms with van der Waals surface area (Å²) in [5.41, 5.74) is 4.92. The normalized spacial score (nSPS) is 14.2. The van der Waals surface area contributed by atoms with Crippen molar-refractivity contribution in [1.29, 1.82) is 0 Å². The second-order valence-corrected chi connectivity index (χ2v) is 3.52. The van der Waals surface area contributed by atoms with E-state index in [9.17, 15) is 13.2 Å². The molecule has 1 atom stereocenters. The van der Waals surface area contributed by atoms with Crippen LogP contribution >= 0.6 is 0 Å². The quantitative estimate of drug-likeness (QED) is 0.848. The van der Waals surface area contributed by atoms with Gasteiger partial charge in [0.05, 0.1) is 12.2 Å². The van der Waals surface area contributed by atoms with Crippen molar-refractivity contribution in [2.45, 2.75) is 12.2 Å². The Morgan fingerprint density at radius 3 is 2.71 bits per heavy atom. The number of alkyl halides is 3. The molecule has 0 aliphatic heterocycles. The average molecular weight is 246 g/mol. The van der Waals surface area contributed by atoms with Crippen LogP contribution in [0.3, 0.4) is 0 Å². The second-order valence-electron chi connectivity index (χ2n) is 3.52. The van der Waals surface area contributed by atoms with Gasteiger partial charge in [-0.2, -0.15) is 13.2 Å². The minimum Gasteiger partial charge on any atom is -0.439 e. The van der Waals surface area contributed by atoms with Crippen LogP contribution in [-0.4, -0.2) is 16.7 Å². The molecule has 0 aliphatic rings. The van der Waals surface area contributed by atoms with E-state index in [1.807, 2.05) is 0 Å². The monoisotopic (exact) mass is 246 g/mol. The zero-order chi connectivity index (χ0) is 12.6. The van der Waals surface area contributed by atoms with Gasteiger partial charge in [-0.1, -0.05) is 0 Å². The predicted molar refractivity (Wildman–Crippen MR) is 53.0 cm³/mol. The van der Waals surface area contributed by atoms with Crippen molar-refractivity contribution in [3.05, 3.63) is 29.7 Å². The highest BCUT2D eigenvalue weighted by Crippen LogP contribution is 2.31. The first-order valence-electron chi connectivity index (χ1n) is 4.76. The van der Waals surface area contributed by atoms with Crippen LogP contribution in [0, 0.1) is 0 Å².